The highest BCUT2D eigenvalue weighted by molar-refractivity contribution is 7.89. The molecule has 1 heterocycles. The van der Waals surface area contributed by atoms with Gasteiger partial charge in [0.2, 0.25) is 10.0 Å². The lowest BCUT2D eigenvalue weighted by atomic mass is 10.1. The third-order valence-corrected chi connectivity index (χ3v) is 6.85. The fourth-order valence-corrected chi connectivity index (χ4v) is 5.86. The van der Waals surface area contributed by atoms with Crippen LogP contribution in [0.3, 0.4) is 0 Å². The van der Waals surface area contributed by atoms with Gasteiger partial charge in [0.25, 0.3) is 0 Å². The Kier molecular flexibility index (Phi) is 4.49. The monoisotopic (exact) mass is 347 g/mol. The van der Waals surface area contributed by atoms with E-state index in [4.69, 9.17) is 0 Å². The third kappa shape index (κ3) is 2.87. The molecule has 1 saturated heterocycles. The highest BCUT2D eigenvalue weighted by atomic mass is 32.2. The second kappa shape index (κ2) is 6.30. The molecule has 3 rings (SSSR count). The van der Waals surface area contributed by atoms with Crippen molar-refractivity contribution < 1.29 is 12.8 Å². The van der Waals surface area contributed by atoms with Gasteiger partial charge in [0, 0.05) is 12.1 Å². The van der Waals surface area contributed by atoms with Gasteiger partial charge in [-0.15, -0.1) is 0 Å². The van der Waals surface area contributed by atoms with Crippen LogP contribution in [0.2, 0.25) is 0 Å². The molecule has 5 heteroatoms. The van der Waals surface area contributed by atoms with Gasteiger partial charge in [-0.1, -0.05) is 35.9 Å². The maximum absolute atomic E-state index is 14.2. The van der Waals surface area contributed by atoms with Crippen LogP contribution in [0, 0.1) is 26.6 Å². The molecule has 0 spiro atoms. The molecule has 1 unspecified atom stereocenters. The van der Waals surface area contributed by atoms with Crippen LogP contribution in [0.15, 0.2) is 41.3 Å². The Morgan fingerprint density at radius 2 is 1.71 bits per heavy atom. The van der Waals surface area contributed by atoms with E-state index >= 15 is 0 Å². The molecule has 128 valence electrons. The van der Waals surface area contributed by atoms with E-state index in [2.05, 4.69) is 0 Å². The van der Waals surface area contributed by atoms with Crippen molar-refractivity contribution in [2.24, 2.45) is 0 Å². The van der Waals surface area contributed by atoms with Crippen LogP contribution in [0.5, 0.6) is 0 Å². The molecule has 1 aliphatic rings. The van der Waals surface area contributed by atoms with E-state index in [0.29, 0.717) is 23.4 Å². The Balaban J connectivity index is 2.09. The molecular weight excluding hydrogens is 325 g/mol. The Hall–Kier alpha value is -1.72. The number of benzene rings is 2. The molecule has 0 bridgehead atoms. The number of rotatable bonds is 3. The topological polar surface area (TPSA) is 37.4 Å². The summed E-state index contributed by atoms with van der Waals surface area (Å²) >= 11 is 0. The molecule has 1 fully saturated rings. The summed E-state index contributed by atoms with van der Waals surface area (Å²) in [7, 11) is -3.66. The summed E-state index contributed by atoms with van der Waals surface area (Å²) in [5, 5.41) is 0. The maximum atomic E-state index is 14.2. The van der Waals surface area contributed by atoms with Crippen LogP contribution in [-0.4, -0.2) is 19.3 Å². The first kappa shape index (κ1) is 17.1. The van der Waals surface area contributed by atoms with Crippen LogP contribution in [0.1, 0.15) is 41.1 Å². The average molecular weight is 347 g/mol. The quantitative estimate of drug-likeness (QED) is 0.831. The molecule has 0 aromatic heterocycles. The standard InChI is InChI=1S/C19H22FNO2S/c1-13-11-14(2)19(15(3)12-13)24(22,23)21-10-6-9-18(21)16-7-4-5-8-17(16)20/h4-5,7-8,11-12,18H,6,9-10H2,1-3H3. The van der Waals surface area contributed by atoms with Gasteiger partial charge in [0.15, 0.2) is 0 Å². The smallest absolute Gasteiger partial charge is 0.207 e. The van der Waals surface area contributed by atoms with Crippen molar-refractivity contribution in [1.82, 2.24) is 4.31 Å². The first-order valence-electron chi connectivity index (χ1n) is 8.16. The lowest BCUT2D eigenvalue weighted by molar-refractivity contribution is 0.386. The van der Waals surface area contributed by atoms with Gasteiger partial charge in [-0.05, 0) is 50.8 Å². The largest absolute Gasteiger partial charge is 0.244 e. The number of hydrogen-bond acceptors (Lipinski definition) is 2. The minimum atomic E-state index is -3.66. The van der Waals surface area contributed by atoms with Crippen molar-refractivity contribution in [1.29, 1.82) is 0 Å². The number of nitrogens with zero attached hydrogens (tertiary/aromatic N) is 1. The zero-order valence-electron chi connectivity index (χ0n) is 14.2. The molecule has 1 atom stereocenters. The number of halogens is 1. The first-order valence-corrected chi connectivity index (χ1v) is 9.60. The summed E-state index contributed by atoms with van der Waals surface area (Å²) in [5.74, 6) is -0.345. The molecule has 0 amide bonds. The summed E-state index contributed by atoms with van der Waals surface area (Å²) in [6, 6.07) is 9.78. The Labute approximate surface area is 143 Å². The molecule has 24 heavy (non-hydrogen) atoms. The van der Waals surface area contributed by atoms with E-state index in [1.54, 1.807) is 18.2 Å². The summed E-state index contributed by atoms with van der Waals surface area (Å²) in [5.41, 5.74) is 2.98. The number of aryl methyl sites for hydroxylation is 3. The predicted molar refractivity (Wildman–Crippen MR) is 92.9 cm³/mol. The summed E-state index contributed by atoms with van der Waals surface area (Å²) in [6.45, 7) is 6.02. The van der Waals surface area contributed by atoms with Gasteiger partial charge < -0.3 is 0 Å². The van der Waals surface area contributed by atoms with E-state index < -0.39 is 16.1 Å². The van der Waals surface area contributed by atoms with Gasteiger partial charge >= 0.3 is 0 Å². The molecule has 2 aromatic carbocycles. The number of sulfonamides is 1. The van der Waals surface area contributed by atoms with Crippen molar-refractivity contribution in [2.45, 2.75) is 44.6 Å². The van der Waals surface area contributed by atoms with E-state index in [1.807, 2.05) is 32.9 Å². The van der Waals surface area contributed by atoms with Gasteiger partial charge in [0.05, 0.1) is 10.9 Å². The van der Waals surface area contributed by atoms with Crippen LogP contribution in [0.4, 0.5) is 4.39 Å². The normalized spacial score (nSPS) is 18.9. The van der Waals surface area contributed by atoms with Crippen LogP contribution >= 0.6 is 0 Å². The lowest BCUT2D eigenvalue weighted by Crippen LogP contribution is -2.32. The van der Waals surface area contributed by atoms with Crippen LogP contribution < -0.4 is 0 Å². The van der Waals surface area contributed by atoms with E-state index in [-0.39, 0.29) is 5.82 Å². The fraction of sp³-hybridized carbons (Fsp3) is 0.368. The molecule has 0 N–H and O–H groups in total. The third-order valence-electron chi connectivity index (χ3n) is 4.64. The predicted octanol–water partition coefficient (Wildman–Crippen LogP) is 4.28. The fourth-order valence-electron chi connectivity index (χ4n) is 3.77. The molecular formula is C19H22FNO2S. The maximum Gasteiger partial charge on any atom is 0.244 e. The molecule has 0 saturated carbocycles. The highest BCUT2D eigenvalue weighted by Gasteiger charge is 2.38. The molecule has 0 radical (unpaired) electrons. The Morgan fingerprint density at radius 3 is 2.33 bits per heavy atom. The van der Waals surface area contributed by atoms with Gasteiger partial charge in [-0.3, -0.25) is 0 Å². The van der Waals surface area contributed by atoms with E-state index in [0.717, 1.165) is 23.1 Å². The zero-order chi connectivity index (χ0) is 17.5. The van der Waals surface area contributed by atoms with Crippen molar-refractivity contribution in [3.63, 3.8) is 0 Å². The minimum absolute atomic E-state index is 0.345. The minimum Gasteiger partial charge on any atom is -0.207 e. The van der Waals surface area contributed by atoms with Crippen LogP contribution in [0.25, 0.3) is 0 Å². The van der Waals surface area contributed by atoms with E-state index in [9.17, 15) is 12.8 Å². The SMILES string of the molecule is Cc1cc(C)c(S(=O)(=O)N2CCCC2c2ccccc2F)c(C)c1. The van der Waals surface area contributed by atoms with Crippen molar-refractivity contribution >= 4 is 10.0 Å². The van der Waals surface area contributed by atoms with Crippen molar-refractivity contribution in [3.8, 4) is 0 Å². The molecule has 2 aromatic rings. The van der Waals surface area contributed by atoms with Crippen molar-refractivity contribution in [3.05, 3.63) is 64.5 Å². The van der Waals surface area contributed by atoms with Gasteiger partial charge in [-0.2, -0.15) is 4.31 Å². The highest BCUT2D eigenvalue weighted by Crippen LogP contribution is 2.39. The second-order valence-electron chi connectivity index (χ2n) is 6.52. The first-order chi connectivity index (χ1) is 11.3. The second-order valence-corrected chi connectivity index (χ2v) is 8.35. The Bertz CT molecular complexity index is 854. The van der Waals surface area contributed by atoms with Crippen LogP contribution in [-0.2, 0) is 10.0 Å². The van der Waals surface area contributed by atoms with E-state index in [1.165, 1.54) is 10.4 Å². The number of hydrogen-bond donors (Lipinski definition) is 0. The van der Waals surface area contributed by atoms with Crippen molar-refractivity contribution in [2.75, 3.05) is 6.54 Å². The van der Waals surface area contributed by atoms with Gasteiger partial charge in [-0.25, -0.2) is 12.8 Å². The Morgan fingerprint density at radius 1 is 1.08 bits per heavy atom. The molecule has 1 aliphatic heterocycles. The lowest BCUT2D eigenvalue weighted by Gasteiger charge is -2.26. The molecule has 0 aliphatic carbocycles. The summed E-state index contributed by atoms with van der Waals surface area (Å²) in [6.07, 6.45) is 1.38. The summed E-state index contributed by atoms with van der Waals surface area (Å²) in [4.78, 5) is 0.358. The van der Waals surface area contributed by atoms with Gasteiger partial charge in [0.1, 0.15) is 5.82 Å². The zero-order valence-corrected chi connectivity index (χ0v) is 15.0. The summed E-state index contributed by atoms with van der Waals surface area (Å²) < 4.78 is 42.2. The average Bonchev–Trinajstić information content (AvgIpc) is 2.96. The molecule has 3 nitrogen and oxygen atoms in total.